The molecule has 1 unspecified atom stereocenters. The number of pyridine rings is 1. The quantitative estimate of drug-likeness (QED) is 0.860. The SMILES string of the molecule is CCc1cc(C(=O)O)c(=O)[nH]c1-c1ccc(N2CC3CCCC[C@@H]3C2)cc1. The number of fused-ring (bicyclic) bond motifs is 1. The number of hydrogen-bond acceptors (Lipinski definition) is 3. The maximum atomic E-state index is 12.1. The highest BCUT2D eigenvalue weighted by Crippen LogP contribution is 2.38. The Kier molecular flexibility index (Phi) is 4.77. The molecule has 0 bridgehead atoms. The number of carboxylic acid groups (broad SMARTS) is 1. The molecule has 2 aromatic rings. The number of nitrogens with one attached hydrogen (secondary N) is 1. The predicted molar refractivity (Wildman–Crippen MR) is 106 cm³/mol. The van der Waals surface area contributed by atoms with Gasteiger partial charge in [0.1, 0.15) is 5.56 Å². The van der Waals surface area contributed by atoms with E-state index in [2.05, 4.69) is 22.0 Å². The zero-order valence-corrected chi connectivity index (χ0v) is 15.7. The lowest BCUT2D eigenvalue weighted by Gasteiger charge is -2.22. The van der Waals surface area contributed by atoms with Crippen LogP contribution in [0.25, 0.3) is 11.3 Å². The number of benzene rings is 1. The number of aromatic carboxylic acids is 1. The summed E-state index contributed by atoms with van der Waals surface area (Å²) in [4.78, 5) is 28.6. The first-order chi connectivity index (χ1) is 13.1. The summed E-state index contributed by atoms with van der Waals surface area (Å²) in [7, 11) is 0. The average molecular weight is 366 g/mol. The molecule has 1 aliphatic heterocycles. The van der Waals surface area contributed by atoms with E-state index < -0.39 is 11.5 Å². The molecule has 2 fully saturated rings. The van der Waals surface area contributed by atoms with E-state index in [-0.39, 0.29) is 5.56 Å². The van der Waals surface area contributed by atoms with E-state index in [1.807, 2.05) is 19.1 Å². The minimum absolute atomic E-state index is 0.202. The molecule has 1 aromatic heterocycles. The number of H-pyrrole nitrogens is 1. The van der Waals surface area contributed by atoms with Crippen molar-refractivity contribution in [2.45, 2.75) is 39.0 Å². The Morgan fingerprint density at radius 3 is 2.33 bits per heavy atom. The number of aromatic amines is 1. The normalized spacial score (nSPS) is 21.9. The molecule has 1 aliphatic carbocycles. The van der Waals surface area contributed by atoms with Crippen LogP contribution < -0.4 is 10.5 Å². The van der Waals surface area contributed by atoms with Crippen molar-refractivity contribution < 1.29 is 9.90 Å². The van der Waals surface area contributed by atoms with Crippen LogP contribution in [0.2, 0.25) is 0 Å². The largest absolute Gasteiger partial charge is 0.477 e. The summed E-state index contributed by atoms with van der Waals surface area (Å²) in [5.41, 5.74) is 2.95. The van der Waals surface area contributed by atoms with Gasteiger partial charge >= 0.3 is 5.97 Å². The zero-order valence-electron chi connectivity index (χ0n) is 15.7. The zero-order chi connectivity index (χ0) is 19.0. The smallest absolute Gasteiger partial charge is 0.341 e. The van der Waals surface area contributed by atoms with Crippen molar-refractivity contribution >= 4 is 11.7 Å². The molecule has 142 valence electrons. The monoisotopic (exact) mass is 366 g/mol. The molecule has 1 aromatic carbocycles. The third-order valence-corrected chi connectivity index (χ3v) is 6.23. The van der Waals surface area contributed by atoms with Gasteiger partial charge in [-0.1, -0.05) is 31.9 Å². The lowest BCUT2D eigenvalue weighted by atomic mass is 9.82. The summed E-state index contributed by atoms with van der Waals surface area (Å²) in [5.74, 6) is 0.485. The number of nitrogens with zero attached hydrogens (tertiary/aromatic N) is 1. The van der Waals surface area contributed by atoms with Gasteiger partial charge in [-0.25, -0.2) is 4.79 Å². The van der Waals surface area contributed by atoms with Crippen LogP contribution in [0.15, 0.2) is 35.1 Å². The van der Waals surface area contributed by atoms with Gasteiger partial charge in [0, 0.05) is 18.8 Å². The van der Waals surface area contributed by atoms with Crippen molar-refractivity contribution in [3.8, 4) is 11.3 Å². The van der Waals surface area contributed by atoms with Crippen molar-refractivity contribution in [3.05, 3.63) is 51.8 Å². The first kappa shape index (κ1) is 17.8. The summed E-state index contributed by atoms with van der Waals surface area (Å²) in [6.45, 7) is 4.26. The summed E-state index contributed by atoms with van der Waals surface area (Å²) in [5, 5.41) is 9.17. The van der Waals surface area contributed by atoms with Gasteiger partial charge in [0.15, 0.2) is 0 Å². The molecule has 27 heavy (non-hydrogen) atoms. The van der Waals surface area contributed by atoms with E-state index in [1.54, 1.807) is 0 Å². The van der Waals surface area contributed by atoms with Crippen molar-refractivity contribution in [2.24, 2.45) is 11.8 Å². The Morgan fingerprint density at radius 2 is 1.78 bits per heavy atom. The van der Waals surface area contributed by atoms with Crippen LogP contribution in [0.5, 0.6) is 0 Å². The number of anilines is 1. The number of rotatable bonds is 4. The lowest BCUT2D eigenvalue weighted by molar-refractivity contribution is 0.0695. The van der Waals surface area contributed by atoms with Crippen LogP contribution in [0.3, 0.4) is 0 Å². The van der Waals surface area contributed by atoms with E-state index in [0.717, 1.165) is 36.1 Å². The van der Waals surface area contributed by atoms with Gasteiger partial charge in [-0.2, -0.15) is 0 Å². The fraction of sp³-hybridized carbons (Fsp3) is 0.455. The summed E-state index contributed by atoms with van der Waals surface area (Å²) in [6.07, 6.45) is 6.11. The third kappa shape index (κ3) is 3.38. The molecular formula is C22H26N2O3. The fourth-order valence-electron chi connectivity index (χ4n) is 4.72. The van der Waals surface area contributed by atoms with Crippen LogP contribution >= 0.6 is 0 Å². The molecule has 0 spiro atoms. The number of aryl methyl sites for hydroxylation is 1. The minimum Gasteiger partial charge on any atom is -0.477 e. The van der Waals surface area contributed by atoms with Crippen LogP contribution in [0.4, 0.5) is 5.69 Å². The number of aromatic nitrogens is 1. The second-order valence-electron chi connectivity index (χ2n) is 7.83. The summed E-state index contributed by atoms with van der Waals surface area (Å²) < 4.78 is 0. The highest BCUT2D eigenvalue weighted by atomic mass is 16.4. The molecule has 1 saturated carbocycles. The van der Waals surface area contributed by atoms with E-state index in [9.17, 15) is 9.59 Å². The number of carbonyl (C=O) groups is 1. The van der Waals surface area contributed by atoms with E-state index in [4.69, 9.17) is 5.11 Å². The second kappa shape index (κ2) is 7.22. The molecule has 2 atom stereocenters. The lowest BCUT2D eigenvalue weighted by Crippen LogP contribution is -2.20. The molecule has 1 saturated heterocycles. The topological polar surface area (TPSA) is 73.4 Å². The Morgan fingerprint density at radius 1 is 1.15 bits per heavy atom. The number of carboxylic acids is 1. The van der Waals surface area contributed by atoms with Crippen LogP contribution in [-0.4, -0.2) is 29.1 Å². The van der Waals surface area contributed by atoms with Gasteiger partial charge in [-0.15, -0.1) is 0 Å². The van der Waals surface area contributed by atoms with Crippen LogP contribution in [-0.2, 0) is 6.42 Å². The molecule has 4 rings (SSSR count). The van der Waals surface area contributed by atoms with Crippen LogP contribution in [0.1, 0.15) is 48.5 Å². The van der Waals surface area contributed by atoms with Gasteiger partial charge in [0.2, 0.25) is 0 Å². The molecular weight excluding hydrogens is 340 g/mol. The van der Waals surface area contributed by atoms with E-state index >= 15 is 0 Å². The molecule has 2 heterocycles. The van der Waals surface area contributed by atoms with Gasteiger partial charge in [0.05, 0.1) is 5.69 Å². The third-order valence-electron chi connectivity index (χ3n) is 6.23. The van der Waals surface area contributed by atoms with E-state index in [0.29, 0.717) is 12.1 Å². The molecule has 2 N–H and O–H groups in total. The van der Waals surface area contributed by atoms with Crippen molar-refractivity contribution in [1.29, 1.82) is 0 Å². The first-order valence-corrected chi connectivity index (χ1v) is 9.91. The summed E-state index contributed by atoms with van der Waals surface area (Å²) in [6, 6.07) is 9.80. The van der Waals surface area contributed by atoms with Crippen molar-refractivity contribution in [2.75, 3.05) is 18.0 Å². The standard InChI is InChI=1S/C22H26N2O3/c1-2-14-11-19(22(26)27)21(25)23-20(14)15-7-9-18(10-8-15)24-12-16-5-3-4-6-17(16)13-24/h7-11,16-17H,2-6,12-13H2,1H3,(H,23,25)(H,26,27)/t16-,17?/m1/s1. The Labute approximate surface area is 159 Å². The van der Waals surface area contributed by atoms with Gasteiger partial charge in [-0.05, 0) is 60.4 Å². The van der Waals surface area contributed by atoms with Gasteiger partial charge in [0.25, 0.3) is 5.56 Å². The predicted octanol–water partition coefficient (Wildman–Crippen LogP) is 3.93. The summed E-state index contributed by atoms with van der Waals surface area (Å²) >= 11 is 0. The molecule has 0 amide bonds. The van der Waals surface area contributed by atoms with Crippen molar-refractivity contribution in [1.82, 2.24) is 4.98 Å². The average Bonchev–Trinajstić information content (AvgIpc) is 3.12. The highest BCUT2D eigenvalue weighted by Gasteiger charge is 2.34. The van der Waals surface area contributed by atoms with Crippen LogP contribution in [0, 0.1) is 11.8 Å². The van der Waals surface area contributed by atoms with Gasteiger partial charge in [-0.3, -0.25) is 4.79 Å². The fourth-order valence-corrected chi connectivity index (χ4v) is 4.72. The Balaban J connectivity index is 1.60. The number of hydrogen-bond donors (Lipinski definition) is 2. The van der Waals surface area contributed by atoms with E-state index in [1.165, 1.54) is 37.4 Å². The Bertz CT molecular complexity index is 887. The molecule has 5 heteroatoms. The highest BCUT2D eigenvalue weighted by molar-refractivity contribution is 5.88. The molecule has 0 radical (unpaired) electrons. The Hall–Kier alpha value is -2.56. The molecule has 2 aliphatic rings. The second-order valence-corrected chi connectivity index (χ2v) is 7.83. The molecule has 5 nitrogen and oxygen atoms in total. The minimum atomic E-state index is -1.19. The van der Waals surface area contributed by atoms with Gasteiger partial charge < -0.3 is 15.0 Å². The van der Waals surface area contributed by atoms with Crippen molar-refractivity contribution in [3.63, 3.8) is 0 Å². The maximum absolute atomic E-state index is 12.1. The maximum Gasteiger partial charge on any atom is 0.341 e. The first-order valence-electron chi connectivity index (χ1n) is 9.91.